The number of rotatable bonds is 8. The average Bonchev–Trinajstić information content (AvgIpc) is 3.26. The zero-order valence-electron chi connectivity index (χ0n) is 19.9. The van der Waals surface area contributed by atoms with Gasteiger partial charge in [-0.15, -0.1) is 0 Å². The van der Waals surface area contributed by atoms with Crippen LogP contribution in [0, 0.1) is 18.3 Å². The first kappa shape index (κ1) is 24.7. The molecule has 0 radical (unpaired) electrons. The number of hydrogen-bond donors (Lipinski definition) is 2. The summed E-state index contributed by atoms with van der Waals surface area (Å²) in [4.78, 5) is 15.2. The van der Waals surface area contributed by atoms with Gasteiger partial charge in [0, 0.05) is 43.5 Å². The zero-order valence-corrected chi connectivity index (χ0v) is 20.7. The van der Waals surface area contributed by atoms with Crippen molar-refractivity contribution in [1.82, 2.24) is 15.1 Å². The molecule has 182 valence electrons. The highest BCUT2D eigenvalue weighted by molar-refractivity contribution is 6.30. The molecule has 0 saturated carbocycles. The van der Waals surface area contributed by atoms with Crippen molar-refractivity contribution in [3.63, 3.8) is 0 Å². The topological polar surface area (TPSA) is 95.2 Å². The quantitative estimate of drug-likeness (QED) is 0.458. The standard InChI is InChI=1S/C26H29ClN6O2/c1-18-24(17-30-33(18)23-6-3-20(27)4-7-23)26(34)31-22-5-8-25(19(15-22)16-28)32-12-9-21(10-13-32)29-11-14-35-2/h3-8,15,17,21,29H,9-14H2,1-2H3,(H,31,34). The minimum atomic E-state index is -0.276. The van der Waals surface area contributed by atoms with Gasteiger partial charge in [-0.1, -0.05) is 11.6 Å². The van der Waals surface area contributed by atoms with E-state index in [4.69, 9.17) is 16.3 Å². The Morgan fingerprint density at radius 3 is 2.66 bits per heavy atom. The molecular weight excluding hydrogens is 464 g/mol. The van der Waals surface area contributed by atoms with Crippen LogP contribution in [0.1, 0.15) is 34.5 Å². The van der Waals surface area contributed by atoms with Crippen LogP contribution in [0.2, 0.25) is 5.02 Å². The number of nitriles is 1. The number of aromatic nitrogens is 2. The maximum atomic E-state index is 13.0. The smallest absolute Gasteiger partial charge is 0.259 e. The summed E-state index contributed by atoms with van der Waals surface area (Å²) in [5.74, 6) is -0.276. The van der Waals surface area contributed by atoms with E-state index in [1.165, 1.54) is 0 Å². The summed E-state index contributed by atoms with van der Waals surface area (Å²) >= 11 is 5.97. The lowest BCUT2D eigenvalue weighted by Gasteiger charge is -2.34. The van der Waals surface area contributed by atoms with Crippen LogP contribution in [0.15, 0.2) is 48.7 Å². The van der Waals surface area contributed by atoms with Gasteiger partial charge in [-0.05, 0) is 62.2 Å². The van der Waals surface area contributed by atoms with Gasteiger partial charge in [0.25, 0.3) is 5.91 Å². The Hall–Kier alpha value is -3.38. The first-order valence-electron chi connectivity index (χ1n) is 11.6. The molecule has 0 bridgehead atoms. The molecule has 2 N–H and O–H groups in total. The molecule has 1 aliphatic rings. The molecule has 0 atom stereocenters. The number of carbonyl (C=O) groups excluding carboxylic acids is 1. The molecule has 1 fully saturated rings. The Balaban J connectivity index is 1.42. The number of benzene rings is 2. The average molecular weight is 493 g/mol. The Morgan fingerprint density at radius 2 is 1.97 bits per heavy atom. The fourth-order valence-corrected chi connectivity index (χ4v) is 4.47. The van der Waals surface area contributed by atoms with Gasteiger partial charge in [0.2, 0.25) is 0 Å². The van der Waals surface area contributed by atoms with Gasteiger partial charge in [-0.3, -0.25) is 4.79 Å². The number of halogens is 1. The highest BCUT2D eigenvalue weighted by Crippen LogP contribution is 2.27. The molecule has 3 aromatic rings. The molecule has 2 heterocycles. The summed E-state index contributed by atoms with van der Waals surface area (Å²) in [6.45, 7) is 5.13. The minimum absolute atomic E-state index is 0.276. The van der Waals surface area contributed by atoms with Crippen molar-refractivity contribution in [3.05, 3.63) is 70.5 Å². The first-order chi connectivity index (χ1) is 17.0. The third-order valence-corrected chi connectivity index (χ3v) is 6.53. The van der Waals surface area contributed by atoms with E-state index in [0.717, 1.165) is 43.9 Å². The summed E-state index contributed by atoms with van der Waals surface area (Å²) < 4.78 is 6.80. The molecule has 8 nitrogen and oxygen atoms in total. The Kier molecular flexibility index (Phi) is 8.03. The van der Waals surface area contributed by atoms with Gasteiger partial charge in [-0.25, -0.2) is 4.68 Å². The number of amides is 1. The van der Waals surface area contributed by atoms with Crippen LogP contribution in [0.25, 0.3) is 5.69 Å². The normalized spacial score (nSPS) is 14.1. The number of ether oxygens (including phenoxy) is 1. The van der Waals surface area contributed by atoms with E-state index in [2.05, 4.69) is 26.7 Å². The lowest BCUT2D eigenvalue weighted by molar-refractivity contribution is 0.102. The van der Waals surface area contributed by atoms with Crippen molar-refractivity contribution in [3.8, 4) is 11.8 Å². The minimum Gasteiger partial charge on any atom is -0.383 e. The monoisotopic (exact) mass is 492 g/mol. The van der Waals surface area contributed by atoms with Crippen molar-refractivity contribution >= 4 is 28.9 Å². The highest BCUT2D eigenvalue weighted by Gasteiger charge is 2.22. The van der Waals surface area contributed by atoms with Crippen molar-refractivity contribution in [2.24, 2.45) is 0 Å². The van der Waals surface area contributed by atoms with E-state index >= 15 is 0 Å². The Bertz CT molecular complexity index is 1210. The number of hydrogen-bond acceptors (Lipinski definition) is 6. The number of nitrogens with zero attached hydrogens (tertiary/aromatic N) is 4. The highest BCUT2D eigenvalue weighted by atomic mass is 35.5. The molecule has 2 aromatic carbocycles. The summed E-state index contributed by atoms with van der Waals surface area (Å²) in [5, 5.41) is 21.2. The second-order valence-electron chi connectivity index (χ2n) is 8.54. The molecule has 35 heavy (non-hydrogen) atoms. The predicted molar refractivity (Wildman–Crippen MR) is 138 cm³/mol. The van der Waals surface area contributed by atoms with E-state index in [0.29, 0.717) is 40.2 Å². The van der Waals surface area contributed by atoms with Crippen LogP contribution in [-0.4, -0.2) is 55.1 Å². The van der Waals surface area contributed by atoms with Gasteiger partial charge >= 0.3 is 0 Å². The van der Waals surface area contributed by atoms with E-state index in [1.807, 2.05) is 31.2 Å². The van der Waals surface area contributed by atoms with Crippen molar-refractivity contribution < 1.29 is 9.53 Å². The number of anilines is 2. The number of nitrogens with one attached hydrogen (secondary N) is 2. The van der Waals surface area contributed by atoms with E-state index < -0.39 is 0 Å². The molecule has 1 saturated heterocycles. The van der Waals surface area contributed by atoms with Crippen molar-refractivity contribution in [2.45, 2.75) is 25.8 Å². The van der Waals surface area contributed by atoms with Crippen LogP contribution < -0.4 is 15.5 Å². The van der Waals surface area contributed by atoms with Crippen LogP contribution in [0.5, 0.6) is 0 Å². The molecule has 0 aliphatic carbocycles. The molecule has 4 rings (SSSR count). The maximum absolute atomic E-state index is 13.0. The SMILES string of the molecule is COCCNC1CCN(c2ccc(NC(=O)c3cnn(-c4ccc(Cl)cc4)c3C)cc2C#N)CC1. The van der Waals surface area contributed by atoms with Gasteiger partial charge in [0.15, 0.2) is 0 Å². The van der Waals surface area contributed by atoms with Gasteiger partial charge in [0.05, 0.1) is 41.0 Å². The molecule has 1 amide bonds. The maximum Gasteiger partial charge on any atom is 0.259 e. The fraction of sp³-hybridized carbons (Fsp3) is 0.346. The molecule has 0 spiro atoms. The van der Waals surface area contributed by atoms with Crippen LogP contribution in [0.4, 0.5) is 11.4 Å². The largest absolute Gasteiger partial charge is 0.383 e. The molecule has 1 aliphatic heterocycles. The Labute approximate surface area is 210 Å². The predicted octanol–water partition coefficient (Wildman–Crippen LogP) is 4.16. The lowest BCUT2D eigenvalue weighted by Crippen LogP contribution is -2.43. The number of piperidine rings is 1. The second-order valence-corrected chi connectivity index (χ2v) is 8.97. The number of methoxy groups -OCH3 is 1. The fourth-order valence-electron chi connectivity index (χ4n) is 4.34. The summed E-state index contributed by atoms with van der Waals surface area (Å²) in [6, 6.07) is 15.5. The van der Waals surface area contributed by atoms with Crippen LogP contribution >= 0.6 is 11.6 Å². The third kappa shape index (κ3) is 5.82. The molecule has 0 unspecified atom stereocenters. The van der Waals surface area contributed by atoms with E-state index in [-0.39, 0.29) is 5.91 Å². The molecule has 1 aromatic heterocycles. The first-order valence-corrected chi connectivity index (χ1v) is 12.0. The summed E-state index contributed by atoms with van der Waals surface area (Å²) in [6.07, 6.45) is 3.55. The van der Waals surface area contributed by atoms with Gasteiger partial charge in [-0.2, -0.15) is 10.4 Å². The zero-order chi connectivity index (χ0) is 24.8. The number of carbonyl (C=O) groups is 1. The second kappa shape index (κ2) is 11.4. The van der Waals surface area contributed by atoms with E-state index in [9.17, 15) is 10.1 Å². The summed E-state index contributed by atoms with van der Waals surface area (Å²) in [5.41, 5.74) is 4.01. The molecule has 9 heteroatoms. The molecular formula is C26H29ClN6O2. The lowest BCUT2D eigenvalue weighted by atomic mass is 10.0. The Morgan fingerprint density at radius 1 is 1.23 bits per heavy atom. The van der Waals surface area contributed by atoms with Crippen molar-refractivity contribution in [1.29, 1.82) is 5.26 Å². The van der Waals surface area contributed by atoms with Crippen molar-refractivity contribution in [2.75, 3.05) is 43.6 Å². The van der Waals surface area contributed by atoms with Crippen LogP contribution in [-0.2, 0) is 4.74 Å². The van der Waals surface area contributed by atoms with Crippen LogP contribution in [0.3, 0.4) is 0 Å². The van der Waals surface area contributed by atoms with Gasteiger partial charge < -0.3 is 20.3 Å². The third-order valence-electron chi connectivity index (χ3n) is 6.28. The summed E-state index contributed by atoms with van der Waals surface area (Å²) in [7, 11) is 1.70. The van der Waals surface area contributed by atoms with Gasteiger partial charge in [0.1, 0.15) is 6.07 Å². The van der Waals surface area contributed by atoms with E-state index in [1.54, 1.807) is 36.2 Å².